The molecule has 0 saturated carbocycles. The molecule has 2 N–H and O–H groups in total. The van der Waals surface area contributed by atoms with E-state index in [2.05, 4.69) is 5.32 Å². The normalized spacial score (nSPS) is 12.4. The minimum atomic E-state index is -4.47. The lowest BCUT2D eigenvalue weighted by molar-refractivity contribution is -0.137. The zero-order valence-electron chi connectivity index (χ0n) is 8.88. The second-order valence-corrected chi connectivity index (χ2v) is 3.30. The van der Waals surface area contributed by atoms with Gasteiger partial charge < -0.3 is 10.4 Å². The predicted molar refractivity (Wildman–Crippen MR) is 55.9 cm³/mol. The van der Waals surface area contributed by atoms with Crippen LogP contribution in [0.2, 0.25) is 0 Å². The van der Waals surface area contributed by atoms with Crippen molar-refractivity contribution in [3.8, 4) is 0 Å². The van der Waals surface area contributed by atoms with Gasteiger partial charge in [-0.3, -0.25) is 4.79 Å². The number of halogens is 3. The highest BCUT2D eigenvalue weighted by molar-refractivity contribution is 5.84. The lowest BCUT2D eigenvalue weighted by Gasteiger charge is -2.10. The number of amides is 1. The number of rotatable bonds is 2. The van der Waals surface area contributed by atoms with Crippen LogP contribution in [0.1, 0.15) is 18.1 Å². The third-order valence-electron chi connectivity index (χ3n) is 1.94. The highest BCUT2D eigenvalue weighted by Crippen LogP contribution is 2.30. The number of alkyl halides is 3. The van der Waals surface area contributed by atoms with E-state index in [0.717, 1.165) is 12.1 Å². The third kappa shape index (κ3) is 3.51. The molecule has 0 unspecified atom stereocenters. The van der Waals surface area contributed by atoms with Gasteiger partial charge in [-0.05, 0) is 12.1 Å². The van der Waals surface area contributed by atoms with Gasteiger partial charge in [0, 0.05) is 12.5 Å². The maximum atomic E-state index is 12.4. The van der Waals surface area contributed by atoms with Crippen LogP contribution in [0.5, 0.6) is 0 Å². The molecule has 1 aromatic rings. The van der Waals surface area contributed by atoms with Crippen molar-refractivity contribution in [3.63, 3.8) is 0 Å². The Hall–Kier alpha value is -1.98. The SMILES string of the molecule is CC(=O)N/C(=C/O)c1cccc(C(F)(F)F)c1. The van der Waals surface area contributed by atoms with Gasteiger partial charge in [0.2, 0.25) is 5.91 Å². The number of carbonyl (C=O) groups is 1. The zero-order valence-corrected chi connectivity index (χ0v) is 8.88. The lowest BCUT2D eigenvalue weighted by atomic mass is 10.1. The van der Waals surface area contributed by atoms with E-state index in [9.17, 15) is 18.0 Å². The van der Waals surface area contributed by atoms with Gasteiger partial charge in [-0.1, -0.05) is 12.1 Å². The van der Waals surface area contributed by atoms with Crippen LogP contribution in [-0.2, 0) is 11.0 Å². The molecule has 0 spiro atoms. The molecule has 0 bridgehead atoms. The van der Waals surface area contributed by atoms with Crippen molar-refractivity contribution in [2.75, 3.05) is 0 Å². The second-order valence-electron chi connectivity index (χ2n) is 3.30. The summed E-state index contributed by atoms with van der Waals surface area (Å²) in [5.74, 6) is -0.484. The maximum Gasteiger partial charge on any atom is 0.416 e. The summed E-state index contributed by atoms with van der Waals surface area (Å²) in [5, 5.41) is 11.1. The molecule has 0 aliphatic carbocycles. The number of benzene rings is 1. The first kappa shape index (κ1) is 13.1. The van der Waals surface area contributed by atoms with Gasteiger partial charge in [-0.25, -0.2) is 0 Å². The number of aliphatic hydroxyl groups excluding tert-OH is 1. The Balaban J connectivity index is 3.10. The van der Waals surface area contributed by atoms with Crippen LogP contribution >= 0.6 is 0 Å². The van der Waals surface area contributed by atoms with Crippen LogP contribution in [-0.4, -0.2) is 11.0 Å². The Morgan fingerprint density at radius 3 is 2.53 bits per heavy atom. The van der Waals surface area contributed by atoms with Crippen molar-refractivity contribution < 1.29 is 23.1 Å². The summed E-state index contributed by atoms with van der Waals surface area (Å²) in [4.78, 5) is 10.8. The van der Waals surface area contributed by atoms with E-state index in [4.69, 9.17) is 5.11 Å². The summed E-state index contributed by atoms with van der Waals surface area (Å²) in [7, 11) is 0. The first-order valence-electron chi connectivity index (χ1n) is 4.64. The Morgan fingerprint density at radius 2 is 2.06 bits per heavy atom. The van der Waals surface area contributed by atoms with Gasteiger partial charge in [0.15, 0.2) is 0 Å². The lowest BCUT2D eigenvalue weighted by Crippen LogP contribution is -2.18. The molecule has 0 atom stereocenters. The molecule has 0 heterocycles. The van der Waals surface area contributed by atoms with E-state index in [0.29, 0.717) is 6.26 Å². The molecule has 0 aliphatic heterocycles. The van der Waals surface area contributed by atoms with Crippen LogP contribution in [0, 0.1) is 0 Å². The van der Waals surface area contributed by atoms with Crippen LogP contribution in [0.3, 0.4) is 0 Å². The predicted octanol–water partition coefficient (Wildman–Crippen LogP) is 2.70. The number of aliphatic hydroxyl groups is 1. The van der Waals surface area contributed by atoms with E-state index in [1.54, 1.807) is 0 Å². The summed E-state index contributed by atoms with van der Waals surface area (Å²) in [5.41, 5.74) is -0.846. The van der Waals surface area contributed by atoms with Crippen molar-refractivity contribution in [3.05, 3.63) is 41.7 Å². The molecule has 0 radical (unpaired) electrons. The molecular formula is C11H10F3NO2. The fourth-order valence-electron chi connectivity index (χ4n) is 1.23. The highest BCUT2D eigenvalue weighted by atomic mass is 19.4. The van der Waals surface area contributed by atoms with E-state index < -0.39 is 17.6 Å². The smallest absolute Gasteiger partial charge is 0.416 e. The first-order chi connectivity index (χ1) is 7.84. The van der Waals surface area contributed by atoms with Crippen molar-refractivity contribution in [1.29, 1.82) is 0 Å². The number of hydrogen-bond acceptors (Lipinski definition) is 2. The summed E-state index contributed by atoms with van der Waals surface area (Å²) >= 11 is 0. The number of carbonyl (C=O) groups excluding carboxylic acids is 1. The van der Waals surface area contributed by atoms with Gasteiger partial charge in [0.1, 0.15) is 6.26 Å². The Kier molecular flexibility index (Phi) is 3.77. The van der Waals surface area contributed by atoms with Gasteiger partial charge >= 0.3 is 6.18 Å². The van der Waals surface area contributed by atoms with E-state index in [1.165, 1.54) is 19.1 Å². The number of nitrogens with one attached hydrogen (secondary N) is 1. The van der Waals surface area contributed by atoms with Crippen LogP contribution < -0.4 is 5.32 Å². The average molecular weight is 245 g/mol. The molecule has 1 rings (SSSR count). The largest absolute Gasteiger partial charge is 0.513 e. The molecule has 92 valence electrons. The molecule has 6 heteroatoms. The fourth-order valence-corrected chi connectivity index (χ4v) is 1.23. The maximum absolute atomic E-state index is 12.4. The van der Waals surface area contributed by atoms with Crippen molar-refractivity contribution in [2.45, 2.75) is 13.1 Å². The van der Waals surface area contributed by atoms with Gasteiger partial charge in [0.25, 0.3) is 0 Å². The fraction of sp³-hybridized carbons (Fsp3) is 0.182. The van der Waals surface area contributed by atoms with Crippen LogP contribution in [0.15, 0.2) is 30.5 Å². The Bertz CT molecular complexity index is 452. The molecule has 1 aromatic carbocycles. The molecule has 0 fully saturated rings. The summed E-state index contributed by atoms with van der Waals surface area (Å²) in [6.45, 7) is 1.19. The standard InChI is InChI=1S/C11H10F3NO2/c1-7(17)15-10(6-16)8-3-2-4-9(5-8)11(12,13)14/h2-6,16H,1H3,(H,15,17)/b10-6+. The number of hydrogen-bond donors (Lipinski definition) is 2. The van der Waals surface area contributed by atoms with Crippen molar-refractivity contribution in [1.82, 2.24) is 5.32 Å². The van der Waals surface area contributed by atoms with Crippen molar-refractivity contribution in [2.24, 2.45) is 0 Å². The van der Waals surface area contributed by atoms with Gasteiger partial charge in [-0.15, -0.1) is 0 Å². The van der Waals surface area contributed by atoms with E-state index >= 15 is 0 Å². The first-order valence-corrected chi connectivity index (χ1v) is 4.64. The molecule has 1 amide bonds. The Morgan fingerprint density at radius 1 is 1.41 bits per heavy atom. The van der Waals surface area contributed by atoms with Crippen molar-refractivity contribution >= 4 is 11.6 Å². The topological polar surface area (TPSA) is 49.3 Å². The monoisotopic (exact) mass is 245 g/mol. The summed E-state index contributed by atoms with van der Waals surface area (Å²) in [6.07, 6.45) is -3.91. The highest BCUT2D eigenvalue weighted by Gasteiger charge is 2.30. The second kappa shape index (κ2) is 4.90. The quantitative estimate of drug-likeness (QED) is 0.787. The molecule has 0 aromatic heterocycles. The molecular weight excluding hydrogens is 235 g/mol. The Labute approximate surface area is 95.6 Å². The van der Waals surface area contributed by atoms with E-state index in [-0.39, 0.29) is 11.3 Å². The summed E-state index contributed by atoms with van der Waals surface area (Å²) < 4.78 is 37.3. The van der Waals surface area contributed by atoms with Gasteiger partial charge in [-0.2, -0.15) is 13.2 Å². The minimum Gasteiger partial charge on any atom is -0.513 e. The van der Waals surface area contributed by atoms with Crippen LogP contribution in [0.4, 0.5) is 13.2 Å². The molecule has 3 nitrogen and oxygen atoms in total. The third-order valence-corrected chi connectivity index (χ3v) is 1.94. The van der Waals surface area contributed by atoms with Gasteiger partial charge in [0.05, 0.1) is 11.3 Å². The average Bonchev–Trinajstić information content (AvgIpc) is 2.24. The van der Waals surface area contributed by atoms with Crippen LogP contribution in [0.25, 0.3) is 5.70 Å². The molecule has 17 heavy (non-hydrogen) atoms. The zero-order chi connectivity index (χ0) is 13.1. The molecule has 0 saturated heterocycles. The molecule has 0 aliphatic rings. The minimum absolute atomic E-state index is 0.0800. The summed E-state index contributed by atoms with van der Waals surface area (Å²) in [6, 6.07) is 4.31. The van der Waals surface area contributed by atoms with E-state index in [1.807, 2.05) is 0 Å².